The monoisotopic (exact) mass is 549 g/mol. The van der Waals surface area contributed by atoms with Crippen molar-refractivity contribution in [2.24, 2.45) is 5.41 Å². The minimum atomic E-state index is -4.27. The highest BCUT2D eigenvalue weighted by atomic mass is 32.1. The van der Waals surface area contributed by atoms with Crippen LogP contribution >= 0.6 is 11.3 Å². The summed E-state index contributed by atoms with van der Waals surface area (Å²) in [5.74, 6) is -0.276. The summed E-state index contributed by atoms with van der Waals surface area (Å²) in [6, 6.07) is 18.5. The van der Waals surface area contributed by atoms with Crippen LogP contribution in [0.3, 0.4) is 0 Å². The zero-order valence-electron chi connectivity index (χ0n) is 22.9. The van der Waals surface area contributed by atoms with Gasteiger partial charge in [0.25, 0.3) is 0 Å². The minimum absolute atomic E-state index is 0.0745. The van der Waals surface area contributed by atoms with Crippen LogP contribution < -0.4 is 0 Å². The van der Waals surface area contributed by atoms with Crippen molar-refractivity contribution in [2.45, 2.75) is 59.6 Å². The van der Waals surface area contributed by atoms with Gasteiger partial charge in [-0.1, -0.05) is 65.0 Å². The molecule has 3 aromatic carbocycles. The highest BCUT2D eigenvalue weighted by molar-refractivity contribution is 7.23. The molecule has 0 fully saturated rings. The molecule has 0 saturated heterocycles. The number of halogens is 4. The quantitative estimate of drug-likeness (QED) is 0.203. The second-order valence-corrected chi connectivity index (χ2v) is 13.0. The maximum Gasteiger partial charge on any atom is 0.394 e. The average molecular weight is 550 g/mol. The Morgan fingerprint density at radius 3 is 2.13 bits per heavy atom. The van der Waals surface area contributed by atoms with Crippen LogP contribution in [0.2, 0.25) is 0 Å². The van der Waals surface area contributed by atoms with Gasteiger partial charge >= 0.3 is 6.18 Å². The second-order valence-electron chi connectivity index (χ2n) is 12.0. The van der Waals surface area contributed by atoms with Crippen LogP contribution in [0.15, 0.2) is 66.9 Å². The van der Waals surface area contributed by atoms with Gasteiger partial charge in [-0.25, -0.2) is 4.39 Å². The van der Waals surface area contributed by atoms with Crippen molar-refractivity contribution in [3.8, 4) is 21.7 Å². The van der Waals surface area contributed by atoms with E-state index in [4.69, 9.17) is 4.98 Å². The van der Waals surface area contributed by atoms with Crippen molar-refractivity contribution in [1.29, 1.82) is 0 Å². The van der Waals surface area contributed by atoms with Crippen LogP contribution in [0.5, 0.6) is 0 Å². The fraction of sp³-hybridized carbons (Fsp3) is 0.303. The molecule has 0 atom stereocenters. The van der Waals surface area contributed by atoms with Crippen molar-refractivity contribution in [1.82, 2.24) is 4.98 Å². The molecule has 0 N–H and O–H groups in total. The predicted molar refractivity (Wildman–Crippen MR) is 155 cm³/mol. The second kappa shape index (κ2) is 9.44. The van der Waals surface area contributed by atoms with Gasteiger partial charge in [0.15, 0.2) is 0 Å². The van der Waals surface area contributed by atoms with Gasteiger partial charge in [-0.15, -0.1) is 11.3 Å². The SMILES string of the molecule is Cc1c(-c2ccc(CC(C)(C)C(F)(F)F)cc2)sc2c(-c3cc(C(C)(C)C)c4ccc(F)cc4c3)nccc12. The van der Waals surface area contributed by atoms with Crippen LogP contribution in [-0.4, -0.2) is 11.2 Å². The van der Waals surface area contributed by atoms with E-state index in [1.165, 1.54) is 19.9 Å². The van der Waals surface area contributed by atoms with E-state index in [0.29, 0.717) is 5.56 Å². The zero-order valence-corrected chi connectivity index (χ0v) is 23.7. The third-order valence-electron chi connectivity index (χ3n) is 7.48. The van der Waals surface area contributed by atoms with E-state index < -0.39 is 11.6 Å². The molecule has 0 aliphatic carbocycles. The Kier molecular flexibility index (Phi) is 6.61. The number of hydrogen-bond donors (Lipinski definition) is 0. The number of nitrogens with zero attached hydrogens (tertiary/aromatic N) is 1. The van der Waals surface area contributed by atoms with Gasteiger partial charge in [0, 0.05) is 16.6 Å². The number of alkyl halides is 3. The number of rotatable bonds is 4. The van der Waals surface area contributed by atoms with Gasteiger partial charge in [-0.3, -0.25) is 4.98 Å². The van der Waals surface area contributed by atoms with Crippen LogP contribution in [0.4, 0.5) is 17.6 Å². The maximum absolute atomic E-state index is 14.2. The summed E-state index contributed by atoms with van der Waals surface area (Å²) >= 11 is 1.63. The Hall–Kier alpha value is -3.25. The summed E-state index contributed by atoms with van der Waals surface area (Å²) in [5.41, 5.74) is 3.67. The summed E-state index contributed by atoms with van der Waals surface area (Å²) in [6.07, 6.45) is -2.54. The Morgan fingerprint density at radius 1 is 0.795 bits per heavy atom. The molecule has 0 saturated carbocycles. The average Bonchev–Trinajstić information content (AvgIpc) is 3.18. The highest BCUT2D eigenvalue weighted by Gasteiger charge is 2.46. The lowest BCUT2D eigenvalue weighted by molar-refractivity contribution is -0.211. The Labute approximate surface area is 230 Å². The number of thiophene rings is 1. The molecule has 6 heteroatoms. The van der Waals surface area contributed by atoms with E-state index >= 15 is 0 Å². The molecule has 0 amide bonds. The largest absolute Gasteiger partial charge is 0.394 e. The molecule has 0 bridgehead atoms. The molecule has 2 heterocycles. The lowest BCUT2D eigenvalue weighted by Crippen LogP contribution is -2.34. The third kappa shape index (κ3) is 5.07. The molecule has 39 heavy (non-hydrogen) atoms. The number of hydrogen-bond acceptors (Lipinski definition) is 2. The van der Waals surface area contributed by atoms with E-state index in [2.05, 4.69) is 33.8 Å². The molecule has 0 radical (unpaired) electrons. The smallest absolute Gasteiger partial charge is 0.255 e. The molecule has 0 spiro atoms. The molecular formula is C33H31F4NS. The third-order valence-corrected chi connectivity index (χ3v) is 8.84. The van der Waals surface area contributed by atoms with Crippen LogP contribution in [0.25, 0.3) is 42.6 Å². The Bertz CT molecular complexity index is 1690. The molecule has 1 nitrogen and oxygen atoms in total. The van der Waals surface area contributed by atoms with E-state index in [1.54, 1.807) is 35.7 Å². The van der Waals surface area contributed by atoms with Crippen molar-refractivity contribution >= 4 is 32.2 Å². The van der Waals surface area contributed by atoms with Gasteiger partial charge in [0.2, 0.25) is 0 Å². The lowest BCUT2D eigenvalue weighted by atomic mass is 9.82. The first kappa shape index (κ1) is 27.3. The summed E-state index contributed by atoms with van der Waals surface area (Å²) in [6.45, 7) is 11.0. The predicted octanol–water partition coefficient (Wildman–Crippen LogP) is 10.7. The summed E-state index contributed by atoms with van der Waals surface area (Å²) in [4.78, 5) is 5.82. The molecule has 5 rings (SSSR count). The topological polar surface area (TPSA) is 12.9 Å². The minimum Gasteiger partial charge on any atom is -0.255 e. The molecule has 0 aliphatic rings. The molecule has 0 unspecified atom stereocenters. The first-order chi connectivity index (χ1) is 18.2. The molecule has 0 aliphatic heterocycles. The van der Waals surface area contributed by atoms with E-state index in [9.17, 15) is 17.6 Å². The van der Waals surface area contributed by atoms with Crippen LogP contribution in [0.1, 0.15) is 51.3 Å². The first-order valence-corrected chi connectivity index (χ1v) is 13.8. The number of pyridine rings is 1. The number of benzene rings is 3. The fourth-order valence-electron chi connectivity index (χ4n) is 5.11. The Balaban J connectivity index is 1.61. The van der Waals surface area contributed by atoms with Crippen LogP contribution in [-0.2, 0) is 11.8 Å². The maximum atomic E-state index is 14.2. The van der Waals surface area contributed by atoms with Gasteiger partial charge in [0.1, 0.15) is 5.82 Å². The molecule has 5 aromatic rings. The van der Waals surface area contributed by atoms with Crippen molar-refractivity contribution in [2.75, 3.05) is 0 Å². The van der Waals surface area contributed by atoms with E-state index in [-0.39, 0.29) is 17.7 Å². The van der Waals surface area contributed by atoms with Crippen molar-refractivity contribution in [3.05, 3.63) is 89.4 Å². The highest BCUT2D eigenvalue weighted by Crippen LogP contribution is 2.44. The zero-order chi connectivity index (χ0) is 28.3. The van der Waals surface area contributed by atoms with E-state index in [1.807, 2.05) is 30.3 Å². The van der Waals surface area contributed by atoms with Gasteiger partial charge in [0.05, 0.1) is 15.8 Å². The summed E-state index contributed by atoms with van der Waals surface area (Å²) < 4.78 is 55.4. The van der Waals surface area contributed by atoms with Gasteiger partial charge in [-0.05, 0) is 87.5 Å². The van der Waals surface area contributed by atoms with Gasteiger partial charge in [-0.2, -0.15) is 13.2 Å². The summed E-state index contributed by atoms with van der Waals surface area (Å²) in [7, 11) is 0. The van der Waals surface area contributed by atoms with Gasteiger partial charge < -0.3 is 0 Å². The molecule has 2 aromatic heterocycles. The standard InChI is InChI=1S/C33H31F4NS/c1-19-25-13-14-38-28(23-15-22-16-24(34)11-12-26(22)27(17-23)31(2,3)4)30(25)39-29(19)21-9-7-20(8-10-21)18-32(5,6)33(35,36)37/h7-17H,18H2,1-6H3. The number of fused-ring (bicyclic) bond motifs is 2. The fourth-order valence-corrected chi connectivity index (χ4v) is 6.43. The molecular weight excluding hydrogens is 518 g/mol. The summed E-state index contributed by atoms with van der Waals surface area (Å²) in [5, 5.41) is 2.94. The normalized spacial score (nSPS) is 13.0. The molecule has 202 valence electrons. The number of aryl methyl sites for hydroxylation is 1. The first-order valence-electron chi connectivity index (χ1n) is 12.9. The number of aromatic nitrogens is 1. The van der Waals surface area contributed by atoms with Crippen molar-refractivity contribution in [3.63, 3.8) is 0 Å². The van der Waals surface area contributed by atoms with E-state index in [0.717, 1.165) is 53.7 Å². The lowest BCUT2D eigenvalue weighted by Gasteiger charge is -2.27. The van der Waals surface area contributed by atoms with Crippen LogP contribution in [0, 0.1) is 18.2 Å². The van der Waals surface area contributed by atoms with Crippen molar-refractivity contribution < 1.29 is 17.6 Å². The Morgan fingerprint density at radius 2 is 1.49 bits per heavy atom.